The minimum Gasteiger partial charge on any atom is -0.485 e. The van der Waals surface area contributed by atoms with Gasteiger partial charge in [-0.25, -0.2) is 4.68 Å². The summed E-state index contributed by atoms with van der Waals surface area (Å²) in [5.41, 5.74) is 1.74. The van der Waals surface area contributed by atoms with Crippen molar-refractivity contribution in [3.8, 4) is 17.1 Å². The molecule has 0 radical (unpaired) electrons. The van der Waals surface area contributed by atoms with E-state index in [0.717, 1.165) is 24.0 Å². The quantitative estimate of drug-likeness (QED) is 0.478. The summed E-state index contributed by atoms with van der Waals surface area (Å²) in [6, 6.07) is 20.4. The first-order valence-corrected chi connectivity index (χ1v) is 11.4. The van der Waals surface area contributed by atoms with Crippen LogP contribution in [0.4, 0.5) is 0 Å². The lowest BCUT2D eigenvalue weighted by Crippen LogP contribution is -2.52. The molecule has 8 heteroatoms. The molecule has 0 fully saturated rings. The maximum atomic E-state index is 12.7. The molecular formula is C26H27N5O3. The third kappa shape index (κ3) is 4.12. The minimum absolute atomic E-state index is 0.189. The predicted octanol–water partition coefficient (Wildman–Crippen LogP) is 3.26. The van der Waals surface area contributed by atoms with Crippen LogP contribution in [0.25, 0.3) is 11.4 Å². The van der Waals surface area contributed by atoms with Gasteiger partial charge in [0, 0.05) is 29.9 Å². The molecule has 2 aromatic carbocycles. The van der Waals surface area contributed by atoms with Crippen LogP contribution in [0.5, 0.6) is 5.75 Å². The highest BCUT2D eigenvalue weighted by Gasteiger charge is 2.44. The average Bonchev–Trinajstić information content (AvgIpc) is 3.30. The van der Waals surface area contributed by atoms with Gasteiger partial charge in [-0.1, -0.05) is 36.4 Å². The topological polar surface area (TPSA) is 95.1 Å². The first kappa shape index (κ1) is 22.0. The van der Waals surface area contributed by atoms with Crippen LogP contribution in [0, 0.1) is 0 Å². The summed E-state index contributed by atoms with van der Waals surface area (Å²) in [7, 11) is 0. The number of benzene rings is 2. The fraction of sp³-hybridized carbons (Fsp3) is 0.308. The normalized spacial score (nSPS) is 18.8. The Morgan fingerprint density at radius 1 is 1.06 bits per heavy atom. The zero-order valence-electron chi connectivity index (χ0n) is 19.2. The molecule has 2 aromatic heterocycles. The Bertz CT molecular complexity index is 1350. The Kier molecular flexibility index (Phi) is 5.75. The summed E-state index contributed by atoms with van der Waals surface area (Å²) < 4.78 is 9.46. The second-order valence-corrected chi connectivity index (χ2v) is 9.11. The second kappa shape index (κ2) is 8.87. The van der Waals surface area contributed by atoms with Crippen LogP contribution >= 0.6 is 0 Å². The molecule has 0 saturated carbocycles. The van der Waals surface area contributed by atoms with E-state index in [1.165, 1.54) is 11.6 Å². The van der Waals surface area contributed by atoms with E-state index in [2.05, 4.69) is 27.7 Å². The molecule has 1 aliphatic heterocycles. The van der Waals surface area contributed by atoms with E-state index >= 15 is 0 Å². The first-order valence-electron chi connectivity index (χ1n) is 11.4. The smallest absolute Gasteiger partial charge is 0.251 e. The maximum Gasteiger partial charge on any atom is 0.251 e. The summed E-state index contributed by atoms with van der Waals surface area (Å²) in [4.78, 5) is 12.7. The molecule has 0 bridgehead atoms. The van der Waals surface area contributed by atoms with Gasteiger partial charge in [0.05, 0.1) is 6.04 Å². The highest BCUT2D eigenvalue weighted by molar-refractivity contribution is 5.60. The van der Waals surface area contributed by atoms with E-state index in [9.17, 15) is 9.90 Å². The lowest BCUT2D eigenvalue weighted by molar-refractivity contribution is -0.0642. The molecule has 8 nitrogen and oxygen atoms in total. The molecule has 5 rings (SSSR count). The van der Waals surface area contributed by atoms with E-state index in [1.807, 2.05) is 50.2 Å². The van der Waals surface area contributed by atoms with Gasteiger partial charge in [0.1, 0.15) is 17.5 Å². The molecular weight excluding hydrogens is 430 g/mol. The number of aliphatic hydroxyl groups excluding tert-OH is 1. The third-order valence-corrected chi connectivity index (χ3v) is 6.33. The van der Waals surface area contributed by atoms with Crippen molar-refractivity contribution in [2.45, 2.75) is 51.0 Å². The number of aliphatic hydroxyl groups is 1. The largest absolute Gasteiger partial charge is 0.485 e. The van der Waals surface area contributed by atoms with Gasteiger partial charge in [-0.2, -0.15) is 0 Å². The third-order valence-electron chi connectivity index (χ3n) is 6.33. The minimum atomic E-state index is -0.933. The fourth-order valence-electron chi connectivity index (χ4n) is 4.52. The van der Waals surface area contributed by atoms with Crippen molar-refractivity contribution in [3.63, 3.8) is 0 Å². The van der Waals surface area contributed by atoms with Gasteiger partial charge in [0.25, 0.3) is 5.56 Å². The van der Waals surface area contributed by atoms with E-state index in [-0.39, 0.29) is 5.56 Å². The van der Waals surface area contributed by atoms with Gasteiger partial charge in [-0.3, -0.25) is 4.79 Å². The number of rotatable bonds is 6. The van der Waals surface area contributed by atoms with Crippen molar-refractivity contribution in [1.29, 1.82) is 0 Å². The maximum absolute atomic E-state index is 12.7. The molecule has 0 unspecified atom stereocenters. The average molecular weight is 458 g/mol. The standard InChI is InChI=1S/C26H27N5O3/c1-26(2)24(33)23(30-15-7-6-12-22(30)32)20-17-19(13-14-21(20)34-26)25-27-28-29-31(25)16-8-11-18-9-4-3-5-10-18/h3-7,9-10,12-15,17,23-24,33H,8,11,16H2,1-2H3/t23-,24+/m0/s1. The van der Waals surface area contributed by atoms with Gasteiger partial charge in [0.15, 0.2) is 5.82 Å². The van der Waals surface area contributed by atoms with Crippen LogP contribution in [0.2, 0.25) is 0 Å². The van der Waals surface area contributed by atoms with Crippen molar-refractivity contribution in [2.75, 3.05) is 0 Å². The van der Waals surface area contributed by atoms with Gasteiger partial charge in [0.2, 0.25) is 0 Å². The molecule has 0 saturated heterocycles. The molecule has 1 aliphatic rings. The Morgan fingerprint density at radius 2 is 1.85 bits per heavy atom. The molecule has 4 aromatic rings. The van der Waals surface area contributed by atoms with Crippen molar-refractivity contribution in [2.24, 2.45) is 0 Å². The second-order valence-electron chi connectivity index (χ2n) is 9.11. The summed E-state index contributed by atoms with van der Waals surface area (Å²) in [6.07, 6.45) is 2.59. The Hall–Kier alpha value is -3.78. The van der Waals surface area contributed by atoms with Crippen LogP contribution < -0.4 is 10.3 Å². The fourth-order valence-corrected chi connectivity index (χ4v) is 4.52. The van der Waals surface area contributed by atoms with Crippen molar-refractivity contribution in [3.05, 3.63) is 94.4 Å². The highest BCUT2D eigenvalue weighted by Crippen LogP contribution is 2.42. The SMILES string of the molecule is CC1(C)Oc2ccc(-c3nnnn3CCCc3ccccc3)cc2[C@H](n2ccccc2=O)[C@H]1O. The predicted molar refractivity (Wildman–Crippen MR) is 128 cm³/mol. The van der Waals surface area contributed by atoms with E-state index in [1.54, 1.807) is 27.6 Å². The molecule has 1 N–H and O–H groups in total. The first-order chi connectivity index (χ1) is 16.4. The number of tetrazole rings is 1. The lowest BCUT2D eigenvalue weighted by Gasteiger charge is -2.42. The van der Waals surface area contributed by atoms with Crippen molar-refractivity contribution < 1.29 is 9.84 Å². The molecule has 3 heterocycles. The molecule has 0 aliphatic carbocycles. The number of hydrogen-bond donors (Lipinski definition) is 1. The van der Waals surface area contributed by atoms with Crippen LogP contribution in [0.1, 0.15) is 37.4 Å². The van der Waals surface area contributed by atoms with Crippen molar-refractivity contribution in [1.82, 2.24) is 24.8 Å². The summed E-state index contributed by atoms with van der Waals surface area (Å²) in [5, 5.41) is 23.5. The summed E-state index contributed by atoms with van der Waals surface area (Å²) in [6.45, 7) is 4.31. The van der Waals surface area contributed by atoms with Crippen molar-refractivity contribution >= 4 is 0 Å². The van der Waals surface area contributed by atoms with Crippen LogP contribution in [0.3, 0.4) is 0 Å². The molecule has 34 heavy (non-hydrogen) atoms. The van der Waals surface area contributed by atoms with Gasteiger partial charge >= 0.3 is 0 Å². The van der Waals surface area contributed by atoms with Crippen LogP contribution in [0.15, 0.2) is 77.7 Å². The highest BCUT2D eigenvalue weighted by atomic mass is 16.5. The molecule has 0 spiro atoms. The Balaban J connectivity index is 1.48. The number of fused-ring (bicyclic) bond motifs is 1. The van der Waals surface area contributed by atoms with E-state index < -0.39 is 17.7 Å². The lowest BCUT2D eigenvalue weighted by atomic mass is 9.85. The van der Waals surface area contributed by atoms with E-state index in [0.29, 0.717) is 18.1 Å². The van der Waals surface area contributed by atoms with Crippen LogP contribution in [-0.2, 0) is 13.0 Å². The number of aryl methyl sites for hydroxylation is 2. The number of aromatic nitrogens is 5. The molecule has 174 valence electrons. The van der Waals surface area contributed by atoms with E-state index in [4.69, 9.17) is 4.74 Å². The molecule has 2 atom stereocenters. The zero-order valence-corrected chi connectivity index (χ0v) is 19.2. The van der Waals surface area contributed by atoms with Crippen LogP contribution in [-0.4, -0.2) is 41.6 Å². The number of pyridine rings is 1. The summed E-state index contributed by atoms with van der Waals surface area (Å²) in [5.74, 6) is 1.26. The zero-order chi connectivity index (χ0) is 23.7. The monoisotopic (exact) mass is 457 g/mol. The van der Waals surface area contributed by atoms with Gasteiger partial charge < -0.3 is 14.4 Å². The number of nitrogens with zero attached hydrogens (tertiary/aromatic N) is 5. The Labute approximate surface area is 197 Å². The Morgan fingerprint density at radius 3 is 2.65 bits per heavy atom. The van der Waals surface area contributed by atoms with Gasteiger partial charge in [-0.15, -0.1) is 5.10 Å². The summed E-state index contributed by atoms with van der Waals surface area (Å²) >= 11 is 0. The molecule has 0 amide bonds. The van der Waals surface area contributed by atoms with Gasteiger partial charge in [-0.05, 0) is 66.9 Å². The number of ether oxygens (including phenoxy) is 1. The number of hydrogen-bond acceptors (Lipinski definition) is 6.